The van der Waals surface area contributed by atoms with Crippen LogP contribution in [0.5, 0.6) is 0 Å². The third kappa shape index (κ3) is 3.78. The lowest BCUT2D eigenvalue weighted by molar-refractivity contribution is -0.125. The first-order valence-corrected chi connectivity index (χ1v) is 8.87. The van der Waals surface area contributed by atoms with Gasteiger partial charge >= 0.3 is 0 Å². The first-order chi connectivity index (χ1) is 12.0. The maximum atomic E-state index is 12.5. The van der Waals surface area contributed by atoms with Crippen LogP contribution in [0.2, 0.25) is 0 Å². The number of carbonyl (C=O) groups excluding carboxylic acids is 1. The molecule has 2 aliphatic heterocycles. The van der Waals surface area contributed by atoms with Crippen LogP contribution in [0, 0.1) is 25.2 Å². The minimum absolute atomic E-state index is 0.117. The molecule has 6 heteroatoms. The molecule has 0 aliphatic carbocycles. The molecule has 6 nitrogen and oxygen atoms in total. The molecule has 2 saturated heterocycles. The number of aliphatic hydroxyl groups is 1. The Balaban J connectivity index is 1.81. The van der Waals surface area contributed by atoms with Crippen molar-refractivity contribution in [3.05, 3.63) is 28.6 Å². The second-order valence-electron chi connectivity index (χ2n) is 6.94. The van der Waals surface area contributed by atoms with Crippen molar-refractivity contribution in [1.82, 2.24) is 9.47 Å². The average molecular weight is 343 g/mol. The minimum Gasteiger partial charge on any atom is -0.391 e. The number of aryl methyl sites for hydroxylation is 1. The van der Waals surface area contributed by atoms with E-state index in [9.17, 15) is 15.2 Å². The summed E-state index contributed by atoms with van der Waals surface area (Å²) in [4.78, 5) is 14.1. The van der Waals surface area contributed by atoms with Crippen LogP contribution in [0.3, 0.4) is 0 Å². The average Bonchev–Trinajstić information content (AvgIpc) is 3.31. The topological polar surface area (TPSA) is 78.5 Å². The van der Waals surface area contributed by atoms with Gasteiger partial charge < -0.3 is 19.3 Å². The number of rotatable bonds is 4. The van der Waals surface area contributed by atoms with Crippen LogP contribution < -0.4 is 0 Å². The molecular weight excluding hydrogens is 318 g/mol. The highest BCUT2D eigenvalue weighted by atomic mass is 16.5. The summed E-state index contributed by atoms with van der Waals surface area (Å²) >= 11 is 0. The van der Waals surface area contributed by atoms with Gasteiger partial charge in [-0.15, -0.1) is 0 Å². The normalized spacial score (nSPS) is 23.9. The highest BCUT2D eigenvalue weighted by Crippen LogP contribution is 2.23. The molecule has 3 rings (SSSR count). The van der Waals surface area contributed by atoms with Crippen molar-refractivity contribution in [2.24, 2.45) is 0 Å². The van der Waals surface area contributed by atoms with Gasteiger partial charge in [-0.1, -0.05) is 0 Å². The van der Waals surface area contributed by atoms with E-state index in [1.165, 1.54) is 0 Å². The van der Waals surface area contributed by atoms with Crippen LogP contribution in [0.25, 0.3) is 6.08 Å². The lowest BCUT2D eigenvalue weighted by atomic mass is 10.1. The van der Waals surface area contributed by atoms with E-state index in [0.29, 0.717) is 19.5 Å². The molecule has 1 N–H and O–H groups in total. The number of ether oxygens (including phenoxy) is 1. The predicted octanol–water partition coefficient (Wildman–Crippen LogP) is 1.78. The van der Waals surface area contributed by atoms with Crippen molar-refractivity contribution in [2.45, 2.75) is 51.9 Å². The quantitative estimate of drug-likeness (QED) is 0.668. The number of β-amino-alcohol motifs (C(OH)–C–C–N with tert-alkyl or cyclic N) is 1. The largest absolute Gasteiger partial charge is 0.391 e. The Morgan fingerprint density at radius 1 is 1.48 bits per heavy atom. The van der Waals surface area contributed by atoms with E-state index >= 15 is 0 Å². The van der Waals surface area contributed by atoms with Gasteiger partial charge in [-0.2, -0.15) is 5.26 Å². The zero-order valence-electron chi connectivity index (χ0n) is 14.9. The standard InChI is InChI=1S/C19H25N3O3/c1-13-8-15(14(2)22(13)12-18-4-3-7-25-18)9-16(10-20)19(24)21-6-5-17(23)11-21/h8-9,17-18,23H,3-7,11-12H2,1-2H3/b16-9-/t17-,18?/m0/s1. The molecule has 25 heavy (non-hydrogen) atoms. The van der Waals surface area contributed by atoms with Crippen LogP contribution in [0.4, 0.5) is 0 Å². The van der Waals surface area contributed by atoms with Crippen molar-refractivity contribution in [2.75, 3.05) is 19.7 Å². The summed E-state index contributed by atoms with van der Waals surface area (Å²) in [6.45, 7) is 6.47. The Morgan fingerprint density at radius 3 is 2.88 bits per heavy atom. The summed E-state index contributed by atoms with van der Waals surface area (Å²) in [5, 5.41) is 19.0. The molecule has 1 aromatic rings. The van der Waals surface area contributed by atoms with E-state index in [1.54, 1.807) is 11.0 Å². The van der Waals surface area contributed by atoms with E-state index in [4.69, 9.17) is 4.74 Å². The van der Waals surface area contributed by atoms with Gasteiger partial charge in [0.15, 0.2) is 0 Å². The fourth-order valence-electron chi connectivity index (χ4n) is 3.64. The van der Waals surface area contributed by atoms with Crippen molar-refractivity contribution < 1.29 is 14.6 Å². The van der Waals surface area contributed by atoms with Gasteiger partial charge in [0.1, 0.15) is 11.6 Å². The van der Waals surface area contributed by atoms with Crippen molar-refractivity contribution in [1.29, 1.82) is 5.26 Å². The molecule has 2 fully saturated rings. The molecule has 0 spiro atoms. The zero-order valence-corrected chi connectivity index (χ0v) is 14.9. The smallest absolute Gasteiger partial charge is 0.264 e. The Bertz CT molecular complexity index is 723. The van der Waals surface area contributed by atoms with E-state index in [0.717, 1.165) is 42.9 Å². The molecule has 3 heterocycles. The molecule has 134 valence electrons. The monoisotopic (exact) mass is 343 g/mol. The van der Waals surface area contributed by atoms with Crippen molar-refractivity contribution >= 4 is 12.0 Å². The zero-order chi connectivity index (χ0) is 18.0. The first-order valence-electron chi connectivity index (χ1n) is 8.87. The fourth-order valence-corrected chi connectivity index (χ4v) is 3.64. The maximum Gasteiger partial charge on any atom is 0.264 e. The molecule has 0 bridgehead atoms. The number of aromatic nitrogens is 1. The molecule has 0 aromatic carbocycles. The summed E-state index contributed by atoms with van der Waals surface area (Å²) in [7, 11) is 0. The molecule has 1 aromatic heterocycles. The summed E-state index contributed by atoms with van der Waals surface area (Å²) in [6.07, 6.45) is 4.17. The third-order valence-corrected chi connectivity index (χ3v) is 5.12. The van der Waals surface area contributed by atoms with Crippen LogP contribution in [-0.2, 0) is 16.1 Å². The molecule has 2 aliphatic rings. The Kier molecular flexibility index (Phi) is 5.26. The van der Waals surface area contributed by atoms with Crippen LogP contribution in [0.15, 0.2) is 11.6 Å². The molecule has 0 radical (unpaired) electrons. The highest BCUT2D eigenvalue weighted by molar-refractivity contribution is 6.02. The number of nitriles is 1. The van der Waals surface area contributed by atoms with Gasteiger partial charge in [0.05, 0.1) is 12.2 Å². The van der Waals surface area contributed by atoms with Crippen LogP contribution >= 0.6 is 0 Å². The fraction of sp³-hybridized carbons (Fsp3) is 0.579. The van der Waals surface area contributed by atoms with E-state index in [2.05, 4.69) is 4.57 Å². The van der Waals surface area contributed by atoms with Gasteiger partial charge in [0.2, 0.25) is 0 Å². The van der Waals surface area contributed by atoms with E-state index in [-0.39, 0.29) is 17.6 Å². The Morgan fingerprint density at radius 2 is 2.28 bits per heavy atom. The SMILES string of the molecule is Cc1cc(/C=C(/C#N)C(=O)N2CC[C@H](O)C2)c(C)n1CC1CCCO1. The summed E-state index contributed by atoms with van der Waals surface area (Å²) in [6, 6.07) is 4.03. The second-order valence-corrected chi connectivity index (χ2v) is 6.94. The Hall–Kier alpha value is -2.10. The third-order valence-electron chi connectivity index (χ3n) is 5.12. The second kappa shape index (κ2) is 7.42. The molecule has 0 saturated carbocycles. The number of amides is 1. The van der Waals surface area contributed by atoms with E-state index < -0.39 is 6.10 Å². The van der Waals surface area contributed by atoms with Crippen LogP contribution in [0.1, 0.15) is 36.2 Å². The highest BCUT2D eigenvalue weighted by Gasteiger charge is 2.27. The van der Waals surface area contributed by atoms with Crippen molar-refractivity contribution in [3.8, 4) is 6.07 Å². The lowest BCUT2D eigenvalue weighted by Gasteiger charge is -2.15. The lowest BCUT2D eigenvalue weighted by Crippen LogP contribution is -2.30. The molecule has 1 unspecified atom stereocenters. The number of carbonyl (C=O) groups is 1. The summed E-state index contributed by atoms with van der Waals surface area (Å²) < 4.78 is 7.92. The number of hydrogen-bond donors (Lipinski definition) is 1. The summed E-state index contributed by atoms with van der Waals surface area (Å²) in [5.74, 6) is -0.303. The molecular formula is C19H25N3O3. The minimum atomic E-state index is -0.486. The number of aliphatic hydroxyl groups excluding tert-OH is 1. The molecule has 1 amide bonds. The summed E-state index contributed by atoms with van der Waals surface area (Å²) in [5.41, 5.74) is 3.14. The van der Waals surface area contributed by atoms with Crippen LogP contribution in [-0.4, -0.2) is 52.4 Å². The first kappa shape index (κ1) is 17.7. The Labute approximate surface area is 148 Å². The van der Waals surface area contributed by atoms with Gasteiger partial charge in [0.25, 0.3) is 5.91 Å². The molecule has 2 atom stereocenters. The van der Waals surface area contributed by atoms with Gasteiger partial charge in [-0.05, 0) is 50.8 Å². The van der Waals surface area contributed by atoms with Crippen molar-refractivity contribution in [3.63, 3.8) is 0 Å². The van der Waals surface area contributed by atoms with Gasteiger partial charge in [0, 0.05) is 37.6 Å². The van der Waals surface area contributed by atoms with Gasteiger partial charge in [-0.25, -0.2) is 0 Å². The maximum absolute atomic E-state index is 12.5. The number of nitrogens with zero attached hydrogens (tertiary/aromatic N) is 3. The number of hydrogen-bond acceptors (Lipinski definition) is 4. The van der Waals surface area contributed by atoms with E-state index in [1.807, 2.05) is 26.0 Å². The van der Waals surface area contributed by atoms with Gasteiger partial charge in [-0.3, -0.25) is 4.79 Å². The predicted molar refractivity (Wildman–Crippen MR) is 93.7 cm³/mol. The number of likely N-dealkylation sites (tertiary alicyclic amines) is 1.